The molecule has 2 N–H and O–H groups in total. The number of hydrogen-bond donors (Lipinski definition) is 2. The molecule has 1 atom stereocenters. The Morgan fingerprint density at radius 2 is 2.20 bits per heavy atom. The molecule has 1 aromatic heterocycles. The number of aliphatic hydroxyl groups is 1. The van der Waals surface area contributed by atoms with Crippen LogP contribution in [0.4, 0.5) is 0 Å². The molecule has 1 fully saturated rings. The molecule has 4 nitrogen and oxygen atoms in total. The van der Waals surface area contributed by atoms with Crippen molar-refractivity contribution in [1.29, 1.82) is 0 Å². The highest BCUT2D eigenvalue weighted by atomic mass is 16.3. The SMILES string of the molecule is CC(C)(O)C1CCCN1C(=O)c1cccc2cc[nH]c12. The zero-order valence-electron chi connectivity index (χ0n) is 11.9. The Morgan fingerprint density at radius 3 is 2.95 bits per heavy atom. The summed E-state index contributed by atoms with van der Waals surface area (Å²) >= 11 is 0. The fourth-order valence-electron chi connectivity index (χ4n) is 3.16. The first-order chi connectivity index (χ1) is 9.48. The molecule has 1 unspecified atom stereocenters. The molecule has 106 valence electrons. The van der Waals surface area contributed by atoms with Crippen LogP contribution >= 0.6 is 0 Å². The molecule has 1 amide bonds. The summed E-state index contributed by atoms with van der Waals surface area (Å²) in [6.07, 6.45) is 3.65. The van der Waals surface area contributed by atoms with Gasteiger partial charge < -0.3 is 15.0 Å². The smallest absolute Gasteiger partial charge is 0.256 e. The number of likely N-dealkylation sites (tertiary alicyclic amines) is 1. The van der Waals surface area contributed by atoms with Gasteiger partial charge in [0.15, 0.2) is 0 Å². The number of amides is 1. The van der Waals surface area contributed by atoms with E-state index >= 15 is 0 Å². The average Bonchev–Trinajstić information content (AvgIpc) is 3.05. The van der Waals surface area contributed by atoms with Crippen LogP contribution in [0, 0.1) is 0 Å². The van der Waals surface area contributed by atoms with Crippen LogP contribution in [0.15, 0.2) is 30.5 Å². The largest absolute Gasteiger partial charge is 0.388 e. The van der Waals surface area contributed by atoms with Gasteiger partial charge >= 0.3 is 0 Å². The number of fused-ring (bicyclic) bond motifs is 1. The van der Waals surface area contributed by atoms with E-state index < -0.39 is 5.60 Å². The van der Waals surface area contributed by atoms with Gasteiger partial charge in [-0.05, 0) is 38.8 Å². The van der Waals surface area contributed by atoms with Crippen LogP contribution in [0.1, 0.15) is 37.0 Å². The van der Waals surface area contributed by atoms with Crippen LogP contribution in [0.25, 0.3) is 10.9 Å². The second-order valence-electron chi connectivity index (χ2n) is 6.06. The van der Waals surface area contributed by atoms with E-state index in [0.717, 1.165) is 23.7 Å². The molecule has 0 aliphatic carbocycles. The van der Waals surface area contributed by atoms with E-state index in [0.29, 0.717) is 12.1 Å². The number of aromatic nitrogens is 1. The average molecular weight is 272 g/mol. The molecule has 4 heteroatoms. The maximum atomic E-state index is 12.8. The molecule has 0 spiro atoms. The van der Waals surface area contributed by atoms with Crippen LogP contribution in [0.5, 0.6) is 0 Å². The van der Waals surface area contributed by atoms with E-state index in [1.807, 2.05) is 35.4 Å². The number of para-hydroxylation sites is 1. The van der Waals surface area contributed by atoms with Gasteiger partial charge in [-0.25, -0.2) is 0 Å². The van der Waals surface area contributed by atoms with Crippen molar-refractivity contribution in [1.82, 2.24) is 9.88 Å². The normalized spacial score (nSPS) is 19.8. The van der Waals surface area contributed by atoms with Crippen LogP contribution in [-0.2, 0) is 0 Å². The van der Waals surface area contributed by atoms with Crippen molar-refractivity contribution in [2.24, 2.45) is 0 Å². The Balaban J connectivity index is 1.98. The predicted molar refractivity (Wildman–Crippen MR) is 78.7 cm³/mol. The Labute approximate surface area is 118 Å². The van der Waals surface area contributed by atoms with Gasteiger partial charge in [-0.2, -0.15) is 0 Å². The second-order valence-corrected chi connectivity index (χ2v) is 6.06. The number of hydrogen-bond acceptors (Lipinski definition) is 2. The molecule has 1 saturated heterocycles. The first-order valence-corrected chi connectivity index (χ1v) is 7.08. The molecule has 0 saturated carbocycles. The van der Waals surface area contributed by atoms with Crippen molar-refractivity contribution in [2.45, 2.75) is 38.3 Å². The molecule has 20 heavy (non-hydrogen) atoms. The zero-order chi connectivity index (χ0) is 14.3. The van der Waals surface area contributed by atoms with Gasteiger partial charge in [0.1, 0.15) is 0 Å². The Kier molecular flexibility index (Phi) is 3.05. The Morgan fingerprint density at radius 1 is 1.40 bits per heavy atom. The third-order valence-corrected chi connectivity index (χ3v) is 4.15. The van der Waals surface area contributed by atoms with Gasteiger partial charge in [0.05, 0.1) is 22.7 Å². The van der Waals surface area contributed by atoms with E-state index in [9.17, 15) is 9.90 Å². The predicted octanol–water partition coefficient (Wildman–Crippen LogP) is 2.54. The maximum Gasteiger partial charge on any atom is 0.256 e. The summed E-state index contributed by atoms with van der Waals surface area (Å²) in [6.45, 7) is 4.27. The number of benzene rings is 1. The summed E-state index contributed by atoms with van der Waals surface area (Å²) in [5, 5.41) is 11.3. The molecular formula is C16H20N2O2. The third kappa shape index (κ3) is 2.10. The van der Waals surface area contributed by atoms with Gasteiger partial charge in [-0.3, -0.25) is 4.79 Å². The van der Waals surface area contributed by atoms with Crippen molar-refractivity contribution in [3.63, 3.8) is 0 Å². The molecule has 2 heterocycles. The van der Waals surface area contributed by atoms with Crippen LogP contribution in [-0.4, -0.2) is 39.1 Å². The van der Waals surface area contributed by atoms with Gasteiger partial charge in [0.2, 0.25) is 0 Å². The number of aromatic amines is 1. The lowest BCUT2D eigenvalue weighted by molar-refractivity contribution is 0.000402. The van der Waals surface area contributed by atoms with Crippen molar-refractivity contribution >= 4 is 16.8 Å². The van der Waals surface area contributed by atoms with Crippen molar-refractivity contribution in [2.75, 3.05) is 6.54 Å². The fraction of sp³-hybridized carbons (Fsp3) is 0.438. The lowest BCUT2D eigenvalue weighted by Crippen LogP contribution is -2.48. The first kappa shape index (κ1) is 13.2. The van der Waals surface area contributed by atoms with Crippen LogP contribution in [0.2, 0.25) is 0 Å². The fourth-order valence-corrected chi connectivity index (χ4v) is 3.16. The van der Waals surface area contributed by atoms with E-state index in [1.54, 1.807) is 13.8 Å². The van der Waals surface area contributed by atoms with Crippen molar-refractivity contribution in [3.8, 4) is 0 Å². The summed E-state index contributed by atoms with van der Waals surface area (Å²) in [5.41, 5.74) is 0.693. The van der Waals surface area contributed by atoms with Crippen molar-refractivity contribution < 1.29 is 9.90 Å². The maximum absolute atomic E-state index is 12.8. The van der Waals surface area contributed by atoms with E-state index in [2.05, 4.69) is 4.98 Å². The number of nitrogens with zero attached hydrogens (tertiary/aromatic N) is 1. The van der Waals surface area contributed by atoms with Crippen LogP contribution < -0.4 is 0 Å². The second kappa shape index (κ2) is 4.63. The topological polar surface area (TPSA) is 56.3 Å². The summed E-state index contributed by atoms with van der Waals surface area (Å²) in [5.74, 6) is 0.00248. The number of carbonyl (C=O) groups excluding carboxylic acids is 1. The molecule has 0 bridgehead atoms. The van der Waals surface area contributed by atoms with Crippen LogP contribution in [0.3, 0.4) is 0 Å². The molecule has 2 aromatic rings. The minimum Gasteiger partial charge on any atom is -0.388 e. The highest BCUT2D eigenvalue weighted by Crippen LogP contribution is 2.29. The summed E-state index contributed by atoms with van der Waals surface area (Å²) in [6, 6.07) is 7.59. The van der Waals surface area contributed by atoms with E-state index in [4.69, 9.17) is 0 Å². The van der Waals surface area contributed by atoms with Gasteiger partial charge in [0, 0.05) is 18.1 Å². The molecule has 0 radical (unpaired) electrons. The van der Waals surface area contributed by atoms with Gasteiger partial charge in [0.25, 0.3) is 5.91 Å². The third-order valence-electron chi connectivity index (χ3n) is 4.15. The van der Waals surface area contributed by atoms with E-state index in [-0.39, 0.29) is 11.9 Å². The molecule has 1 aromatic carbocycles. The molecular weight excluding hydrogens is 252 g/mol. The highest BCUT2D eigenvalue weighted by molar-refractivity contribution is 6.05. The van der Waals surface area contributed by atoms with Gasteiger partial charge in [-0.1, -0.05) is 12.1 Å². The number of H-pyrrole nitrogens is 1. The number of carbonyl (C=O) groups is 1. The first-order valence-electron chi connectivity index (χ1n) is 7.08. The Bertz CT molecular complexity index is 639. The lowest BCUT2D eigenvalue weighted by atomic mass is 9.96. The zero-order valence-corrected chi connectivity index (χ0v) is 11.9. The van der Waals surface area contributed by atoms with Gasteiger partial charge in [-0.15, -0.1) is 0 Å². The quantitative estimate of drug-likeness (QED) is 0.882. The summed E-state index contributed by atoms with van der Waals surface area (Å²) in [7, 11) is 0. The number of rotatable bonds is 2. The summed E-state index contributed by atoms with van der Waals surface area (Å²) in [4.78, 5) is 17.8. The Hall–Kier alpha value is -1.81. The lowest BCUT2D eigenvalue weighted by Gasteiger charge is -2.34. The molecule has 3 rings (SSSR count). The molecule has 1 aliphatic rings. The minimum absolute atomic E-state index is 0.00248. The van der Waals surface area contributed by atoms with E-state index in [1.165, 1.54) is 0 Å². The highest BCUT2D eigenvalue weighted by Gasteiger charge is 2.39. The number of nitrogens with one attached hydrogen (secondary N) is 1. The standard InChI is InChI=1S/C16H20N2O2/c1-16(2,20)13-7-4-10-18(13)15(19)12-6-3-5-11-8-9-17-14(11)12/h3,5-6,8-9,13,17,20H,4,7,10H2,1-2H3. The molecule has 1 aliphatic heterocycles. The van der Waals surface area contributed by atoms with Crippen molar-refractivity contribution in [3.05, 3.63) is 36.0 Å². The monoisotopic (exact) mass is 272 g/mol. The minimum atomic E-state index is -0.865. The summed E-state index contributed by atoms with van der Waals surface area (Å²) < 4.78 is 0.